The van der Waals surface area contributed by atoms with Crippen LogP contribution in [0.2, 0.25) is 0 Å². The van der Waals surface area contributed by atoms with Gasteiger partial charge in [-0.25, -0.2) is 18.1 Å². The number of hydrogen-bond donors (Lipinski definition) is 1. The molecular weight excluding hydrogens is 358 g/mol. The fourth-order valence-electron chi connectivity index (χ4n) is 3.33. The minimum absolute atomic E-state index is 0.110. The number of ether oxygens (including phenoxy) is 3. The predicted molar refractivity (Wildman–Crippen MR) is 92.7 cm³/mol. The second-order valence-corrected chi connectivity index (χ2v) is 8.09. The van der Waals surface area contributed by atoms with Crippen molar-refractivity contribution in [2.75, 3.05) is 19.8 Å². The van der Waals surface area contributed by atoms with Crippen molar-refractivity contribution in [3.63, 3.8) is 0 Å². The highest BCUT2D eigenvalue weighted by Gasteiger charge is 2.31. The molecule has 0 amide bonds. The molecule has 1 aromatic carbocycles. The summed E-state index contributed by atoms with van der Waals surface area (Å²) in [7, 11) is -1.84. The van der Waals surface area contributed by atoms with E-state index in [-0.39, 0.29) is 22.8 Å². The van der Waals surface area contributed by atoms with E-state index in [0.29, 0.717) is 38.4 Å². The molecule has 1 N–H and O–H groups in total. The molecule has 1 saturated heterocycles. The maximum absolute atomic E-state index is 12.9. The number of nitrogens with zero attached hydrogens (tertiary/aromatic N) is 2. The number of imidazole rings is 1. The van der Waals surface area contributed by atoms with Gasteiger partial charge in [0, 0.05) is 19.7 Å². The molecule has 0 radical (unpaired) electrons. The van der Waals surface area contributed by atoms with Gasteiger partial charge in [0.1, 0.15) is 24.2 Å². The van der Waals surface area contributed by atoms with E-state index >= 15 is 0 Å². The first-order chi connectivity index (χ1) is 12.5. The van der Waals surface area contributed by atoms with Gasteiger partial charge in [-0.1, -0.05) is 6.07 Å². The summed E-state index contributed by atoms with van der Waals surface area (Å²) in [6.07, 6.45) is 4.43. The number of aromatic nitrogens is 2. The molecule has 2 atom stereocenters. The normalized spacial score (nSPS) is 23.0. The summed E-state index contributed by atoms with van der Waals surface area (Å²) in [4.78, 5) is 4.22. The maximum atomic E-state index is 12.9. The summed E-state index contributed by atoms with van der Waals surface area (Å²) in [6.45, 7) is 1.23. The van der Waals surface area contributed by atoms with E-state index in [0.717, 1.165) is 5.69 Å². The van der Waals surface area contributed by atoms with E-state index in [1.54, 1.807) is 24.7 Å². The molecule has 2 aliphatic rings. The Labute approximate surface area is 152 Å². The van der Waals surface area contributed by atoms with Gasteiger partial charge >= 0.3 is 0 Å². The van der Waals surface area contributed by atoms with Gasteiger partial charge in [0.05, 0.1) is 18.2 Å². The summed E-state index contributed by atoms with van der Waals surface area (Å²) in [5.74, 6) is 0.736. The topological polar surface area (TPSA) is 91.7 Å². The Morgan fingerprint density at radius 2 is 2.08 bits per heavy atom. The van der Waals surface area contributed by atoms with Crippen LogP contribution >= 0.6 is 0 Å². The van der Waals surface area contributed by atoms with Crippen molar-refractivity contribution in [3.05, 3.63) is 36.4 Å². The second-order valence-electron chi connectivity index (χ2n) is 6.41. The van der Waals surface area contributed by atoms with Gasteiger partial charge in [-0.05, 0) is 25.0 Å². The molecule has 140 valence electrons. The summed E-state index contributed by atoms with van der Waals surface area (Å²) < 4.78 is 47.4. The van der Waals surface area contributed by atoms with Gasteiger partial charge in [0.25, 0.3) is 0 Å². The first-order valence-electron chi connectivity index (χ1n) is 8.53. The third kappa shape index (κ3) is 3.29. The van der Waals surface area contributed by atoms with Crippen LogP contribution in [0.3, 0.4) is 0 Å². The number of nitrogens with one attached hydrogen (secondary N) is 1. The number of rotatable bonds is 4. The van der Waals surface area contributed by atoms with E-state index in [1.807, 2.05) is 11.6 Å². The van der Waals surface area contributed by atoms with Crippen LogP contribution in [-0.4, -0.2) is 43.8 Å². The Bertz CT molecular complexity index is 896. The third-order valence-electron chi connectivity index (χ3n) is 4.61. The first kappa shape index (κ1) is 17.3. The van der Waals surface area contributed by atoms with Gasteiger partial charge in [-0.3, -0.25) is 0 Å². The van der Waals surface area contributed by atoms with Crippen molar-refractivity contribution in [3.8, 4) is 11.5 Å². The molecule has 0 bridgehead atoms. The van der Waals surface area contributed by atoms with Gasteiger partial charge < -0.3 is 18.8 Å². The lowest BCUT2D eigenvalue weighted by Crippen LogP contribution is -2.40. The zero-order valence-corrected chi connectivity index (χ0v) is 15.2. The van der Waals surface area contributed by atoms with Crippen LogP contribution in [0.1, 0.15) is 24.6 Å². The number of aryl methyl sites for hydroxylation is 1. The summed E-state index contributed by atoms with van der Waals surface area (Å²) in [5, 5.41) is 0. The maximum Gasteiger partial charge on any atom is 0.244 e. The Morgan fingerprint density at radius 3 is 2.88 bits per heavy atom. The standard InChI is InChI=1S/C17H21N3O5S/c1-20-11-18-10-13(20)15-9-12(5-6-23-15)19-26(21,22)16-4-2-3-14-17(16)25-8-7-24-14/h2-4,10-12,15,19H,5-9H2,1H3/t12-,15+/m0/s1. The SMILES string of the molecule is Cn1cncc1[C@H]1C[C@@H](NS(=O)(=O)c2cccc3c2OCCO3)CCO1. The number of benzene rings is 1. The second kappa shape index (κ2) is 6.90. The van der Waals surface area contributed by atoms with Crippen LogP contribution in [0.5, 0.6) is 11.5 Å². The quantitative estimate of drug-likeness (QED) is 0.863. The molecule has 2 aromatic rings. The molecular formula is C17H21N3O5S. The number of sulfonamides is 1. The Kier molecular flexibility index (Phi) is 4.60. The highest BCUT2D eigenvalue weighted by Crippen LogP contribution is 2.37. The molecule has 0 spiro atoms. The molecule has 4 rings (SSSR count). The van der Waals surface area contributed by atoms with Gasteiger partial charge in [-0.15, -0.1) is 0 Å². The van der Waals surface area contributed by atoms with E-state index in [9.17, 15) is 8.42 Å². The molecule has 0 aliphatic carbocycles. The van der Waals surface area contributed by atoms with Crippen molar-refractivity contribution in [2.45, 2.75) is 29.9 Å². The third-order valence-corrected chi connectivity index (χ3v) is 6.15. The fraction of sp³-hybridized carbons (Fsp3) is 0.471. The lowest BCUT2D eigenvalue weighted by molar-refractivity contribution is -0.0000529. The molecule has 9 heteroatoms. The Hall–Kier alpha value is -2.10. The largest absolute Gasteiger partial charge is 0.486 e. The van der Waals surface area contributed by atoms with E-state index < -0.39 is 10.0 Å². The van der Waals surface area contributed by atoms with Crippen molar-refractivity contribution in [2.24, 2.45) is 7.05 Å². The highest BCUT2D eigenvalue weighted by atomic mass is 32.2. The predicted octanol–water partition coefficient (Wildman–Crippen LogP) is 1.39. The lowest BCUT2D eigenvalue weighted by Gasteiger charge is -2.30. The zero-order valence-electron chi connectivity index (χ0n) is 14.4. The molecule has 8 nitrogen and oxygen atoms in total. The van der Waals surface area contributed by atoms with Crippen LogP contribution in [0.4, 0.5) is 0 Å². The van der Waals surface area contributed by atoms with Crippen molar-refractivity contribution < 1.29 is 22.6 Å². The van der Waals surface area contributed by atoms with Gasteiger partial charge in [0.15, 0.2) is 11.5 Å². The Morgan fingerprint density at radius 1 is 1.23 bits per heavy atom. The van der Waals surface area contributed by atoms with Crippen molar-refractivity contribution in [1.82, 2.24) is 14.3 Å². The minimum atomic E-state index is -3.74. The molecule has 0 unspecified atom stereocenters. The van der Waals surface area contributed by atoms with Gasteiger partial charge in [0.2, 0.25) is 10.0 Å². The molecule has 26 heavy (non-hydrogen) atoms. The van der Waals surface area contributed by atoms with Crippen LogP contribution < -0.4 is 14.2 Å². The van der Waals surface area contributed by atoms with E-state index in [2.05, 4.69) is 9.71 Å². The lowest BCUT2D eigenvalue weighted by atomic mass is 10.0. The van der Waals surface area contributed by atoms with Gasteiger partial charge in [-0.2, -0.15) is 0 Å². The average Bonchev–Trinajstić information content (AvgIpc) is 3.07. The zero-order chi connectivity index (χ0) is 18.1. The fourth-order valence-corrected chi connectivity index (χ4v) is 4.77. The molecule has 1 fully saturated rings. The number of fused-ring (bicyclic) bond motifs is 1. The smallest absolute Gasteiger partial charge is 0.244 e. The number of para-hydroxylation sites is 1. The van der Waals surface area contributed by atoms with E-state index in [1.165, 1.54) is 6.07 Å². The van der Waals surface area contributed by atoms with Crippen molar-refractivity contribution in [1.29, 1.82) is 0 Å². The van der Waals surface area contributed by atoms with Crippen LogP contribution in [0.25, 0.3) is 0 Å². The molecule has 3 heterocycles. The van der Waals surface area contributed by atoms with Crippen molar-refractivity contribution >= 4 is 10.0 Å². The molecule has 2 aliphatic heterocycles. The molecule has 1 aromatic heterocycles. The van der Waals surface area contributed by atoms with Crippen LogP contribution in [0, 0.1) is 0 Å². The first-order valence-corrected chi connectivity index (χ1v) is 10.0. The summed E-state index contributed by atoms with van der Waals surface area (Å²) in [5.41, 5.74) is 0.933. The van der Waals surface area contributed by atoms with Crippen LogP contribution in [0.15, 0.2) is 35.6 Å². The molecule has 0 saturated carbocycles. The monoisotopic (exact) mass is 379 g/mol. The van der Waals surface area contributed by atoms with E-state index in [4.69, 9.17) is 14.2 Å². The highest BCUT2D eigenvalue weighted by molar-refractivity contribution is 7.89. The Balaban J connectivity index is 1.54. The van der Waals surface area contributed by atoms with Crippen LogP contribution in [-0.2, 0) is 21.8 Å². The summed E-state index contributed by atoms with van der Waals surface area (Å²) in [6, 6.07) is 4.67. The average molecular weight is 379 g/mol. The minimum Gasteiger partial charge on any atom is -0.486 e. The number of hydrogen-bond acceptors (Lipinski definition) is 6. The summed E-state index contributed by atoms with van der Waals surface area (Å²) >= 11 is 0.